The van der Waals surface area contributed by atoms with E-state index < -0.39 is 23.7 Å². The minimum atomic E-state index is -0.948. The second-order valence-corrected chi connectivity index (χ2v) is 14.4. The summed E-state index contributed by atoms with van der Waals surface area (Å²) in [5.74, 6) is -2.26. The first kappa shape index (κ1) is 34.1. The molecule has 6 rings (SSSR count). The predicted octanol–water partition coefficient (Wildman–Crippen LogP) is 6.73. The summed E-state index contributed by atoms with van der Waals surface area (Å²) < 4.78 is 15.2. The second-order valence-electron chi connectivity index (χ2n) is 13.3. The van der Waals surface area contributed by atoms with Crippen LogP contribution in [0.5, 0.6) is 0 Å². The maximum absolute atomic E-state index is 15.2. The van der Waals surface area contributed by atoms with Gasteiger partial charge in [0.15, 0.2) is 5.82 Å². The van der Waals surface area contributed by atoms with Crippen LogP contribution in [0.15, 0.2) is 91.3 Å². The SMILES string of the molecule is CC(C)(C)c1ccc(C(=O)N[C@@H](Cc2ccc(-c3ncc(-c4ccc(-c5cccc(C#N)c5)cc4F)cn3)cc2)C(=O)N2CC(C(=O)O)C2)s1. The molecule has 50 heavy (non-hydrogen) atoms. The van der Waals surface area contributed by atoms with Crippen molar-refractivity contribution >= 4 is 29.1 Å². The number of carboxylic acid groups (broad SMARTS) is 1. The largest absolute Gasteiger partial charge is 0.481 e. The molecule has 1 saturated heterocycles. The highest BCUT2D eigenvalue weighted by Crippen LogP contribution is 2.31. The van der Waals surface area contributed by atoms with E-state index in [1.165, 1.54) is 22.3 Å². The summed E-state index contributed by atoms with van der Waals surface area (Å²) in [4.78, 5) is 50.0. The molecule has 3 aromatic carbocycles. The van der Waals surface area contributed by atoms with Gasteiger partial charge >= 0.3 is 5.97 Å². The fraction of sp³-hybridized carbons (Fsp3) is 0.231. The van der Waals surface area contributed by atoms with Gasteiger partial charge in [0.05, 0.1) is 22.4 Å². The first-order valence-electron chi connectivity index (χ1n) is 16.0. The normalized spacial score (nSPS) is 13.6. The third kappa shape index (κ3) is 7.46. The maximum Gasteiger partial charge on any atom is 0.310 e. The number of amides is 2. The van der Waals surface area contributed by atoms with Gasteiger partial charge in [-0.3, -0.25) is 14.4 Å². The highest BCUT2D eigenvalue weighted by atomic mass is 32.1. The number of nitrogens with one attached hydrogen (secondary N) is 1. The van der Waals surface area contributed by atoms with Crippen molar-refractivity contribution in [2.24, 2.45) is 5.92 Å². The zero-order chi connectivity index (χ0) is 35.6. The predicted molar refractivity (Wildman–Crippen MR) is 189 cm³/mol. The van der Waals surface area contributed by atoms with Crippen molar-refractivity contribution in [3.8, 4) is 39.7 Å². The molecule has 0 saturated carbocycles. The van der Waals surface area contributed by atoms with Crippen LogP contribution in [0.1, 0.15) is 46.4 Å². The number of carboxylic acids is 1. The van der Waals surface area contributed by atoms with E-state index in [2.05, 4.69) is 42.1 Å². The van der Waals surface area contributed by atoms with Gasteiger partial charge in [-0.25, -0.2) is 14.4 Å². The number of likely N-dealkylation sites (tertiary alicyclic amines) is 1. The van der Waals surface area contributed by atoms with Gasteiger partial charge in [0.25, 0.3) is 5.91 Å². The number of nitriles is 1. The molecule has 2 aromatic heterocycles. The standard InChI is InChI=1S/C39H34FN5O4S/c1-39(2,3)34-14-13-33(50-34)36(46)44-32(37(47)45-21-29(22-45)38(48)49)16-23-7-9-25(10-8-23)35-42-19-28(20-43-35)30-12-11-27(17-31(30)40)26-6-4-5-24(15-26)18-41/h4-15,17,19-20,29,32H,16,21-22H2,1-3H3,(H,44,46)(H,48,49)/t32-/m0/s1. The van der Waals surface area contributed by atoms with E-state index >= 15 is 4.39 Å². The molecule has 252 valence electrons. The van der Waals surface area contributed by atoms with Crippen molar-refractivity contribution < 1.29 is 23.9 Å². The van der Waals surface area contributed by atoms with Gasteiger partial charge in [-0.1, -0.05) is 69.3 Å². The van der Waals surface area contributed by atoms with Gasteiger partial charge in [-0.2, -0.15) is 5.26 Å². The number of hydrogen-bond donors (Lipinski definition) is 2. The van der Waals surface area contributed by atoms with E-state index in [9.17, 15) is 24.8 Å². The molecule has 2 N–H and O–H groups in total. The lowest BCUT2D eigenvalue weighted by Gasteiger charge is -2.38. The Bertz CT molecular complexity index is 2110. The van der Waals surface area contributed by atoms with Crippen LogP contribution in [0.3, 0.4) is 0 Å². The van der Waals surface area contributed by atoms with Gasteiger partial charge in [-0.05, 0) is 52.4 Å². The van der Waals surface area contributed by atoms with Crippen LogP contribution in [-0.4, -0.2) is 56.9 Å². The van der Waals surface area contributed by atoms with Crippen LogP contribution in [0.2, 0.25) is 0 Å². The lowest BCUT2D eigenvalue weighted by molar-refractivity contribution is -0.153. The second kappa shape index (κ2) is 14.0. The molecule has 0 aliphatic carbocycles. The Balaban J connectivity index is 1.16. The molecular weight excluding hydrogens is 654 g/mol. The summed E-state index contributed by atoms with van der Waals surface area (Å²) in [7, 11) is 0. The number of aliphatic carboxylic acids is 1. The Hall–Kier alpha value is -5.73. The molecular formula is C39H34FN5O4S. The number of carbonyl (C=O) groups excluding carboxylic acids is 2. The van der Waals surface area contributed by atoms with E-state index in [1.54, 1.807) is 48.8 Å². The van der Waals surface area contributed by atoms with Crippen molar-refractivity contribution in [3.05, 3.63) is 118 Å². The molecule has 5 aromatic rings. The number of hydrogen-bond acceptors (Lipinski definition) is 7. The van der Waals surface area contributed by atoms with E-state index in [0.29, 0.717) is 38.5 Å². The molecule has 11 heteroatoms. The van der Waals surface area contributed by atoms with Crippen molar-refractivity contribution in [1.82, 2.24) is 20.2 Å². The Morgan fingerprint density at radius 1 is 0.960 bits per heavy atom. The smallest absolute Gasteiger partial charge is 0.310 e. The molecule has 3 heterocycles. The van der Waals surface area contributed by atoms with E-state index in [4.69, 9.17) is 0 Å². The molecule has 0 spiro atoms. The quantitative estimate of drug-likeness (QED) is 0.175. The van der Waals surface area contributed by atoms with Crippen LogP contribution >= 0.6 is 11.3 Å². The first-order chi connectivity index (χ1) is 23.9. The van der Waals surface area contributed by atoms with Gasteiger partial charge < -0.3 is 15.3 Å². The molecule has 1 aliphatic rings. The minimum Gasteiger partial charge on any atom is -0.481 e. The number of benzene rings is 3. The highest BCUT2D eigenvalue weighted by Gasteiger charge is 2.39. The summed E-state index contributed by atoms with van der Waals surface area (Å²) in [6.07, 6.45) is 3.32. The monoisotopic (exact) mass is 687 g/mol. The molecule has 2 amide bonds. The van der Waals surface area contributed by atoms with Crippen molar-refractivity contribution in [2.45, 2.75) is 38.6 Å². The van der Waals surface area contributed by atoms with Crippen molar-refractivity contribution in [3.63, 3.8) is 0 Å². The third-order valence-electron chi connectivity index (χ3n) is 8.62. The Morgan fingerprint density at radius 3 is 2.26 bits per heavy atom. The van der Waals surface area contributed by atoms with Gasteiger partial charge in [-0.15, -0.1) is 11.3 Å². The number of thiophene rings is 1. The number of nitrogens with zero attached hydrogens (tertiary/aromatic N) is 4. The number of aromatic nitrogens is 2. The van der Waals surface area contributed by atoms with Gasteiger partial charge in [0.2, 0.25) is 5.91 Å². The average molecular weight is 688 g/mol. The van der Waals surface area contributed by atoms with Crippen LogP contribution in [0, 0.1) is 23.1 Å². The molecule has 0 radical (unpaired) electrons. The third-order valence-corrected chi connectivity index (χ3v) is 10.1. The average Bonchev–Trinajstić information content (AvgIpc) is 3.59. The number of halogens is 1. The molecule has 1 atom stereocenters. The summed E-state index contributed by atoms with van der Waals surface area (Å²) in [6, 6.07) is 24.0. The van der Waals surface area contributed by atoms with E-state index in [-0.39, 0.29) is 36.7 Å². The molecule has 0 bridgehead atoms. The van der Waals surface area contributed by atoms with Crippen LogP contribution in [0.4, 0.5) is 4.39 Å². The van der Waals surface area contributed by atoms with Crippen LogP contribution < -0.4 is 5.32 Å². The lowest BCUT2D eigenvalue weighted by Crippen LogP contribution is -2.59. The first-order valence-corrected chi connectivity index (χ1v) is 16.9. The summed E-state index contributed by atoms with van der Waals surface area (Å²) in [5.41, 5.74) is 4.11. The number of rotatable bonds is 9. The zero-order valence-electron chi connectivity index (χ0n) is 27.7. The van der Waals surface area contributed by atoms with E-state index in [1.807, 2.05) is 36.4 Å². The summed E-state index contributed by atoms with van der Waals surface area (Å²) in [5, 5.41) is 21.4. The fourth-order valence-electron chi connectivity index (χ4n) is 5.67. The summed E-state index contributed by atoms with van der Waals surface area (Å²) in [6.45, 7) is 6.40. The van der Waals surface area contributed by atoms with Crippen LogP contribution in [0.25, 0.3) is 33.6 Å². The molecule has 9 nitrogen and oxygen atoms in total. The Morgan fingerprint density at radius 2 is 1.64 bits per heavy atom. The molecule has 1 fully saturated rings. The topological polar surface area (TPSA) is 136 Å². The number of carbonyl (C=O) groups is 3. The fourth-order valence-corrected chi connectivity index (χ4v) is 6.63. The van der Waals surface area contributed by atoms with Crippen molar-refractivity contribution in [2.75, 3.05) is 13.1 Å². The Labute approximate surface area is 293 Å². The van der Waals surface area contributed by atoms with E-state index in [0.717, 1.165) is 16.0 Å². The van der Waals surface area contributed by atoms with Gasteiger partial charge in [0, 0.05) is 53.5 Å². The van der Waals surface area contributed by atoms with Crippen molar-refractivity contribution in [1.29, 1.82) is 5.26 Å². The van der Waals surface area contributed by atoms with Crippen LogP contribution in [-0.2, 0) is 21.4 Å². The molecule has 0 unspecified atom stereocenters. The highest BCUT2D eigenvalue weighted by molar-refractivity contribution is 7.14. The maximum atomic E-state index is 15.2. The summed E-state index contributed by atoms with van der Waals surface area (Å²) >= 11 is 1.38. The zero-order valence-corrected chi connectivity index (χ0v) is 28.5. The molecule has 1 aliphatic heterocycles. The Kier molecular flexibility index (Phi) is 9.57. The minimum absolute atomic E-state index is 0.101. The lowest BCUT2D eigenvalue weighted by atomic mass is 9.95. The van der Waals surface area contributed by atoms with Gasteiger partial charge in [0.1, 0.15) is 11.9 Å².